The molecule has 1 fully saturated rings. The van der Waals surface area contributed by atoms with Crippen LogP contribution in [0.1, 0.15) is 25.7 Å². The minimum Gasteiger partial charge on any atom is -0.382 e. The third-order valence-electron chi connectivity index (χ3n) is 5.68. The monoisotopic (exact) mass is 493 g/mol. The first-order valence-electron chi connectivity index (χ1n) is 10.2. The third kappa shape index (κ3) is 5.23. The van der Waals surface area contributed by atoms with E-state index in [-0.39, 0.29) is 21.9 Å². The molecular weight excluding hydrogens is 470 g/mol. The lowest BCUT2D eigenvalue weighted by Gasteiger charge is -2.30. The van der Waals surface area contributed by atoms with E-state index in [4.69, 9.17) is 11.6 Å². The van der Waals surface area contributed by atoms with Gasteiger partial charge in [0.2, 0.25) is 10.0 Å². The van der Waals surface area contributed by atoms with Crippen LogP contribution in [0.25, 0.3) is 10.9 Å². The highest BCUT2D eigenvalue weighted by Gasteiger charge is 2.26. The van der Waals surface area contributed by atoms with Gasteiger partial charge in [0.1, 0.15) is 0 Å². The lowest BCUT2D eigenvalue weighted by molar-refractivity contribution is 0.387. The summed E-state index contributed by atoms with van der Waals surface area (Å²) in [4.78, 5) is 4.51. The van der Waals surface area contributed by atoms with Crippen molar-refractivity contribution in [1.82, 2.24) is 9.71 Å². The molecule has 10 heteroatoms. The molecule has 7 nitrogen and oxygen atoms in total. The predicted molar refractivity (Wildman–Crippen MR) is 126 cm³/mol. The molecule has 2 N–H and O–H groups in total. The number of anilines is 1. The van der Waals surface area contributed by atoms with Gasteiger partial charge in [0.15, 0.2) is 9.84 Å². The van der Waals surface area contributed by atoms with E-state index in [1.807, 2.05) is 24.3 Å². The second-order valence-electron chi connectivity index (χ2n) is 8.08. The first-order valence-corrected chi connectivity index (χ1v) is 14.0. The summed E-state index contributed by atoms with van der Waals surface area (Å²) in [5.74, 6) is 0. The van der Waals surface area contributed by atoms with Crippen molar-refractivity contribution in [3.05, 3.63) is 59.8 Å². The molecule has 0 aliphatic heterocycles. The van der Waals surface area contributed by atoms with Crippen molar-refractivity contribution in [3.8, 4) is 0 Å². The molecule has 4 rings (SSSR count). The summed E-state index contributed by atoms with van der Waals surface area (Å²) in [5.41, 5.74) is 1.81. The molecule has 0 atom stereocenters. The van der Waals surface area contributed by atoms with Crippen LogP contribution in [0.5, 0.6) is 0 Å². The quantitative estimate of drug-likeness (QED) is 0.537. The summed E-state index contributed by atoms with van der Waals surface area (Å²) >= 11 is 6.06. The number of benzene rings is 2. The Morgan fingerprint density at radius 2 is 1.50 bits per heavy atom. The van der Waals surface area contributed by atoms with Gasteiger partial charge in [0.25, 0.3) is 0 Å². The Balaban J connectivity index is 1.38. The van der Waals surface area contributed by atoms with Gasteiger partial charge in [-0.05, 0) is 74.2 Å². The second-order valence-corrected chi connectivity index (χ2v) is 12.2. The molecule has 3 aromatic rings. The van der Waals surface area contributed by atoms with Crippen molar-refractivity contribution in [2.75, 3.05) is 11.6 Å². The van der Waals surface area contributed by atoms with Gasteiger partial charge in [-0.1, -0.05) is 11.6 Å². The highest BCUT2D eigenvalue weighted by molar-refractivity contribution is 7.90. The second kappa shape index (κ2) is 8.97. The molecule has 0 bridgehead atoms. The van der Waals surface area contributed by atoms with E-state index in [1.165, 1.54) is 24.3 Å². The molecule has 1 heterocycles. The van der Waals surface area contributed by atoms with Gasteiger partial charge < -0.3 is 5.32 Å². The first-order chi connectivity index (χ1) is 15.1. The van der Waals surface area contributed by atoms with E-state index in [1.54, 1.807) is 6.20 Å². The summed E-state index contributed by atoms with van der Waals surface area (Å²) in [6.45, 7) is 0. The van der Waals surface area contributed by atoms with Gasteiger partial charge in [-0.2, -0.15) is 0 Å². The standard InChI is InChI=1S/C22H24ClN3O4S2/c1-31(27,28)18-7-9-19(10-8-18)32(29,30)26-17-5-3-16(4-6-17)25-21-12-13-24-22-14-15(23)2-11-20(21)22/h2,7-14,16-17,26H,3-6H2,1H3,(H,24,25). The summed E-state index contributed by atoms with van der Waals surface area (Å²) in [7, 11) is -7.09. The fourth-order valence-corrected chi connectivity index (χ4v) is 6.08. The smallest absolute Gasteiger partial charge is 0.240 e. The van der Waals surface area contributed by atoms with Crippen LogP contribution in [0.3, 0.4) is 0 Å². The summed E-state index contributed by atoms with van der Waals surface area (Å²) in [6, 6.07) is 12.9. The minimum absolute atomic E-state index is 0.0621. The topological polar surface area (TPSA) is 105 Å². The number of halogens is 1. The SMILES string of the molecule is CS(=O)(=O)c1ccc(S(=O)(=O)NC2CCC(Nc3ccnc4cc(Cl)ccc34)CC2)cc1. The molecule has 0 amide bonds. The molecule has 0 saturated heterocycles. The van der Waals surface area contributed by atoms with Crippen LogP contribution < -0.4 is 10.0 Å². The average Bonchev–Trinajstić information content (AvgIpc) is 2.74. The van der Waals surface area contributed by atoms with Gasteiger partial charge in [0, 0.05) is 40.6 Å². The number of rotatable bonds is 6. The molecule has 170 valence electrons. The Labute approximate surface area is 193 Å². The number of fused-ring (bicyclic) bond motifs is 1. The maximum Gasteiger partial charge on any atom is 0.240 e. The lowest BCUT2D eigenvalue weighted by Crippen LogP contribution is -2.40. The van der Waals surface area contributed by atoms with Gasteiger partial charge in [-0.15, -0.1) is 0 Å². The normalized spacial score (nSPS) is 19.7. The number of nitrogens with one attached hydrogen (secondary N) is 2. The zero-order valence-electron chi connectivity index (χ0n) is 17.5. The van der Waals surface area contributed by atoms with Crippen LogP contribution >= 0.6 is 11.6 Å². The molecule has 0 unspecified atom stereocenters. The van der Waals surface area contributed by atoms with Crippen molar-refractivity contribution in [3.63, 3.8) is 0 Å². The van der Waals surface area contributed by atoms with Gasteiger partial charge in [0.05, 0.1) is 15.3 Å². The molecule has 1 aromatic heterocycles. The zero-order chi connectivity index (χ0) is 22.9. The Morgan fingerprint density at radius 3 is 2.16 bits per heavy atom. The minimum atomic E-state index is -3.72. The Hall–Kier alpha value is -2.20. The van der Waals surface area contributed by atoms with E-state index in [2.05, 4.69) is 15.0 Å². The first kappa shape index (κ1) is 23.0. The molecule has 0 radical (unpaired) electrons. The summed E-state index contributed by atoms with van der Waals surface area (Å²) in [6.07, 6.45) is 5.87. The van der Waals surface area contributed by atoms with Gasteiger partial charge in [-0.3, -0.25) is 4.98 Å². The van der Waals surface area contributed by atoms with Gasteiger partial charge >= 0.3 is 0 Å². The number of sulfone groups is 1. The highest BCUT2D eigenvalue weighted by atomic mass is 35.5. The Morgan fingerprint density at radius 1 is 0.875 bits per heavy atom. The molecule has 1 saturated carbocycles. The fraction of sp³-hybridized carbons (Fsp3) is 0.318. The van der Waals surface area contributed by atoms with E-state index in [9.17, 15) is 16.8 Å². The number of sulfonamides is 1. The zero-order valence-corrected chi connectivity index (χ0v) is 19.8. The Bertz CT molecular complexity index is 1340. The van der Waals surface area contributed by atoms with Crippen molar-refractivity contribution in [2.24, 2.45) is 0 Å². The molecule has 2 aromatic carbocycles. The van der Waals surface area contributed by atoms with E-state index < -0.39 is 19.9 Å². The number of hydrogen-bond acceptors (Lipinski definition) is 6. The van der Waals surface area contributed by atoms with Crippen molar-refractivity contribution >= 4 is 48.1 Å². The third-order valence-corrected chi connectivity index (χ3v) is 8.58. The average molecular weight is 494 g/mol. The van der Waals surface area contributed by atoms with E-state index in [0.717, 1.165) is 35.7 Å². The maximum absolute atomic E-state index is 12.7. The molecule has 0 spiro atoms. The predicted octanol–water partition coefficient (Wildman–Crippen LogP) is 3.99. The maximum atomic E-state index is 12.7. The van der Waals surface area contributed by atoms with Crippen LogP contribution in [0.4, 0.5) is 5.69 Å². The van der Waals surface area contributed by atoms with Crippen LogP contribution in [-0.4, -0.2) is 40.2 Å². The number of nitrogens with zero attached hydrogens (tertiary/aromatic N) is 1. The molecule has 1 aliphatic rings. The van der Waals surface area contributed by atoms with Crippen molar-refractivity contribution in [2.45, 2.75) is 47.6 Å². The lowest BCUT2D eigenvalue weighted by atomic mass is 9.91. The number of aromatic nitrogens is 1. The molecular formula is C22H24ClN3O4S2. The van der Waals surface area contributed by atoms with Crippen LogP contribution in [-0.2, 0) is 19.9 Å². The van der Waals surface area contributed by atoms with Crippen LogP contribution in [0.2, 0.25) is 5.02 Å². The number of pyridine rings is 1. The molecule has 32 heavy (non-hydrogen) atoms. The Kier molecular flexibility index (Phi) is 6.44. The largest absolute Gasteiger partial charge is 0.382 e. The van der Waals surface area contributed by atoms with Gasteiger partial charge in [-0.25, -0.2) is 21.6 Å². The highest BCUT2D eigenvalue weighted by Crippen LogP contribution is 2.28. The summed E-state index contributed by atoms with van der Waals surface area (Å²) in [5, 5.41) is 5.20. The summed E-state index contributed by atoms with van der Waals surface area (Å²) < 4.78 is 51.3. The van der Waals surface area contributed by atoms with E-state index in [0.29, 0.717) is 17.9 Å². The fourth-order valence-electron chi connectivity index (χ4n) is 3.98. The van der Waals surface area contributed by atoms with E-state index >= 15 is 0 Å². The van der Waals surface area contributed by atoms with Crippen molar-refractivity contribution in [1.29, 1.82) is 0 Å². The van der Waals surface area contributed by atoms with Crippen molar-refractivity contribution < 1.29 is 16.8 Å². The van der Waals surface area contributed by atoms with Crippen LogP contribution in [0.15, 0.2) is 64.5 Å². The number of hydrogen-bond donors (Lipinski definition) is 2. The van der Waals surface area contributed by atoms with Crippen LogP contribution in [0, 0.1) is 0 Å². The molecule has 1 aliphatic carbocycles.